The van der Waals surface area contributed by atoms with E-state index in [1.807, 2.05) is 36.4 Å². The van der Waals surface area contributed by atoms with Gasteiger partial charge in [0.2, 0.25) is 0 Å². The molecule has 7 heteroatoms. The molecular formula is C38H44ClNO5. The van der Waals surface area contributed by atoms with E-state index >= 15 is 0 Å². The summed E-state index contributed by atoms with van der Waals surface area (Å²) in [6, 6.07) is 26.4. The maximum atomic E-state index is 13.8. The number of carboxylic acid groups (broad SMARTS) is 2. The van der Waals surface area contributed by atoms with Crippen LogP contribution in [-0.4, -0.2) is 47.1 Å². The molecule has 1 fully saturated rings. The van der Waals surface area contributed by atoms with E-state index in [1.165, 1.54) is 32.1 Å². The molecule has 2 N–H and O–H groups in total. The van der Waals surface area contributed by atoms with Crippen LogP contribution in [-0.2, 0) is 14.3 Å². The summed E-state index contributed by atoms with van der Waals surface area (Å²) in [5.41, 5.74) is 1.60. The summed E-state index contributed by atoms with van der Waals surface area (Å²) >= 11 is 6.45. The van der Waals surface area contributed by atoms with Gasteiger partial charge in [0, 0.05) is 29.2 Å². The lowest BCUT2D eigenvalue weighted by Gasteiger charge is -2.48. The van der Waals surface area contributed by atoms with Crippen LogP contribution < -0.4 is 0 Å². The van der Waals surface area contributed by atoms with Crippen molar-refractivity contribution in [3.8, 4) is 0 Å². The fraction of sp³-hybridized carbons (Fsp3) is 0.447. The predicted molar refractivity (Wildman–Crippen MR) is 178 cm³/mol. The molecule has 1 heterocycles. The fourth-order valence-corrected chi connectivity index (χ4v) is 7.99. The second-order valence-electron chi connectivity index (χ2n) is 12.8. The second-order valence-corrected chi connectivity index (χ2v) is 13.2. The van der Waals surface area contributed by atoms with Gasteiger partial charge in [-0.1, -0.05) is 117 Å². The van der Waals surface area contributed by atoms with E-state index in [4.69, 9.17) is 21.3 Å². The first kappa shape index (κ1) is 32.9. The molecule has 0 amide bonds. The van der Waals surface area contributed by atoms with Gasteiger partial charge in [-0.3, -0.25) is 14.6 Å². The minimum absolute atomic E-state index is 0.0909. The summed E-state index contributed by atoms with van der Waals surface area (Å²) in [5.74, 6) is -3.63. The molecule has 1 saturated carbocycles. The molecule has 3 aromatic carbocycles. The largest absolute Gasteiger partial charge is 0.481 e. The van der Waals surface area contributed by atoms with Crippen molar-refractivity contribution in [2.24, 2.45) is 22.2 Å². The standard InChI is InChI=1S/C38H44ClNO5/c1-26-34(36(41)42)35(30-18-11-19-31(39)24-30)38(37(43)44,33(40-26)25-45-23-21-27-12-5-2-6-13-27)22-20-32(28-14-7-3-8-15-28)29-16-9-4-10-17-29/h3-4,7-11,14-19,24,27,32-35H,2,5-6,12-13,20-23,25H2,1H3,(H,41,42)(H,43,44). The second kappa shape index (κ2) is 15.2. The zero-order valence-corrected chi connectivity index (χ0v) is 26.7. The van der Waals surface area contributed by atoms with Crippen LogP contribution in [0.1, 0.15) is 86.8 Å². The van der Waals surface area contributed by atoms with Crippen LogP contribution in [0.3, 0.4) is 0 Å². The molecule has 3 aromatic rings. The lowest BCUT2D eigenvalue weighted by atomic mass is 9.57. The zero-order chi connectivity index (χ0) is 31.8. The third kappa shape index (κ3) is 7.50. The van der Waals surface area contributed by atoms with Crippen molar-refractivity contribution >= 4 is 29.3 Å². The first-order valence-electron chi connectivity index (χ1n) is 16.2. The van der Waals surface area contributed by atoms with Crippen molar-refractivity contribution in [2.75, 3.05) is 13.2 Å². The summed E-state index contributed by atoms with van der Waals surface area (Å²) in [6.07, 6.45) is 7.83. The van der Waals surface area contributed by atoms with Crippen molar-refractivity contribution in [1.82, 2.24) is 0 Å². The van der Waals surface area contributed by atoms with Gasteiger partial charge in [0.05, 0.1) is 12.6 Å². The van der Waals surface area contributed by atoms with Gasteiger partial charge in [-0.25, -0.2) is 0 Å². The normalized spacial score (nSPS) is 23.9. The number of aliphatic carboxylic acids is 2. The topological polar surface area (TPSA) is 96.2 Å². The van der Waals surface area contributed by atoms with Gasteiger partial charge < -0.3 is 14.9 Å². The van der Waals surface area contributed by atoms with Crippen LogP contribution in [0, 0.1) is 17.3 Å². The Morgan fingerprint density at radius 2 is 1.58 bits per heavy atom. The fourth-order valence-electron chi connectivity index (χ4n) is 7.79. The van der Waals surface area contributed by atoms with Crippen molar-refractivity contribution in [3.63, 3.8) is 0 Å². The Bertz CT molecular complexity index is 1420. The van der Waals surface area contributed by atoms with Crippen LogP contribution in [0.25, 0.3) is 0 Å². The van der Waals surface area contributed by atoms with Crippen LogP contribution in [0.15, 0.2) is 89.9 Å². The van der Waals surface area contributed by atoms with E-state index in [1.54, 1.807) is 31.2 Å². The smallest absolute Gasteiger partial charge is 0.312 e. The molecule has 4 atom stereocenters. The van der Waals surface area contributed by atoms with Gasteiger partial charge in [-0.15, -0.1) is 0 Å². The van der Waals surface area contributed by atoms with E-state index in [9.17, 15) is 19.8 Å². The maximum absolute atomic E-state index is 13.8. The number of carboxylic acids is 2. The zero-order valence-electron chi connectivity index (χ0n) is 26.0. The number of benzene rings is 3. The molecule has 0 spiro atoms. The van der Waals surface area contributed by atoms with Crippen LogP contribution in [0.4, 0.5) is 0 Å². The molecule has 0 radical (unpaired) electrons. The number of nitrogens with zero attached hydrogens (tertiary/aromatic N) is 1. The first-order valence-corrected chi connectivity index (χ1v) is 16.6. The molecule has 0 aromatic heterocycles. The lowest BCUT2D eigenvalue weighted by molar-refractivity contribution is -0.158. The van der Waals surface area contributed by atoms with E-state index in [2.05, 4.69) is 24.3 Å². The Balaban J connectivity index is 1.55. The molecule has 2 aliphatic rings. The van der Waals surface area contributed by atoms with Gasteiger partial charge in [0.25, 0.3) is 0 Å². The van der Waals surface area contributed by atoms with E-state index < -0.39 is 35.2 Å². The number of aliphatic imine (C=N–C) groups is 1. The van der Waals surface area contributed by atoms with Crippen molar-refractivity contribution in [1.29, 1.82) is 0 Å². The molecule has 1 aliphatic carbocycles. The highest BCUT2D eigenvalue weighted by atomic mass is 35.5. The molecule has 1 aliphatic heterocycles. The predicted octanol–water partition coefficient (Wildman–Crippen LogP) is 8.64. The van der Waals surface area contributed by atoms with Crippen LogP contribution in [0.2, 0.25) is 5.02 Å². The van der Waals surface area contributed by atoms with Gasteiger partial charge in [-0.05, 0) is 60.9 Å². The highest BCUT2D eigenvalue weighted by Crippen LogP contribution is 2.53. The molecule has 5 rings (SSSR count). The minimum Gasteiger partial charge on any atom is -0.481 e. The number of rotatable bonds is 13. The first-order chi connectivity index (χ1) is 21.8. The number of hydrogen-bond donors (Lipinski definition) is 2. The molecule has 45 heavy (non-hydrogen) atoms. The summed E-state index contributed by atoms with van der Waals surface area (Å²) in [5, 5.41) is 22.3. The monoisotopic (exact) mass is 629 g/mol. The lowest BCUT2D eigenvalue weighted by Crippen LogP contribution is -2.56. The van der Waals surface area contributed by atoms with E-state index in [-0.39, 0.29) is 18.9 Å². The molecule has 0 bridgehead atoms. The summed E-state index contributed by atoms with van der Waals surface area (Å²) in [7, 11) is 0. The molecule has 6 nitrogen and oxygen atoms in total. The third-order valence-corrected chi connectivity index (χ3v) is 10.3. The average Bonchev–Trinajstić information content (AvgIpc) is 3.05. The molecular weight excluding hydrogens is 586 g/mol. The van der Waals surface area contributed by atoms with Gasteiger partial charge in [0.1, 0.15) is 11.3 Å². The minimum atomic E-state index is -1.56. The third-order valence-electron chi connectivity index (χ3n) is 10.1. The van der Waals surface area contributed by atoms with Crippen LogP contribution in [0.5, 0.6) is 0 Å². The molecule has 4 unspecified atom stereocenters. The Morgan fingerprint density at radius 3 is 2.16 bits per heavy atom. The highest BCUT2D eigenvalue weighted by molar-refractivity contribution is 6.30. The van der Waals surface area contributed by atoms with Crippen molar-refractivity contribution < 1.29 is 24.5 Å². The summed E-state index contributed by atoms with van der Waals surface area (Å²) in [6.45, 7) is 2.35. The quantitative estimate of drug-likeness (QED) is 0.185. The molecule has 238 valence electrons. The summed E-state index contributed by atoms with van der Waals surface area (Å²) in [4.78, 5) is 31.6. The Morgan fingerprint density at radius 1 is 0.933 bits per heavy atom. The molecule has 0 saturated heterocycles. The number of ether oxygens (including phenoxy) is 1. The maximum Gasteiger partial charge on any atom is 0.312 e. The van der Waals surface area contributed by atoms with Gasteiger partial charge >= 0.3 is 11.9 Å². The van der Waals surface area contributed by atoms with E-state index in [0.29, 0.717) is 35.2 Å². The number of hydrogen-bond acceptors (Lipinski definition) is 4. The SMILES string of the molecule is CC1=NC(COCCC2CCCCC2)C(CCC(c2ccccc2)c2ccccc2)(C(=O)O)C(c2cccc(Cl)c2)C1C(=O)O. The van der Waals surface area contributed by atoms with Crippen molar-refractivity contribution in [3.05, 3.63) is 107 Å². The Hall–Kier alpha value is -3.48. The van der Waals surface area contributed by atoms with Gasteiger partial charge in [-0.2, -0.15) is 0 Å². The van der Waals surface area contributed by atoms with E-state index in [0.717, 1.165) is 17.5 Å². The Labute approximate surface area is 271 Å². The Kier molecular flexibility index (Phi) is 11.1. The number of carbonyl (C=O) groups is 2. The van der Waals surface area contributed by atoms with Gasteiger partial charge in [0.15, 0.2) is 0 Å². The van der Waals surface area contributed by atoms with Crippen molar-refractivity contribution in [2.45, 2.75) is 76.2 Å². The highest BCUT2D eigenvalue weighted by Gasteiger charge is 2.59. The summed E-state index contributed by atoms with van der Waals surface area (Å²) < 4.78 is 6.27. The van der Waals surface area contributed by atoms with Crippen LogP contribution >= 0.6 is 11.6 Å². The average molecular weight is 630 g/mol. The number of halogens is 1.